The molecule has 1 aromatic rings. The van der Waals surface area contributed by atoms with E-state index in [-0.39, 0.29) is 13.0 Å². The average Bonchev–Trinajstić information content (AvgIpc) is 2.76. The van der Waals surface area contributed by atoms with Crippen molar-refractivity contribution in [1.82, 2.24) is 0 Å². The molecule has 1 saturated carbocycles. The van der Waals surface area contributed by atoms with Crippen LogP contribution in [0.1, 0.15) is 50.5 Å². The fraction of sp³-hybridized carbons (Fsp3) is 0.545. The van der Waals surface area contributed by atoms with Crippen molar-refractivity contribution in [1.29, 1.82) is 0 Å². The van der Waals surface area contributed by atoms with Crippen molar-refractivity contribution < 1.29 is 33.8 Å². The summed E-state index contributed by atoms with van der Waals surface area (Å²) in [6.07, 6.45) is 6.62. The van der Waals surface area contributed by atoms with E-state index in [0.29, 0.717) is 17.9 Å². The highest BCUT2D eigenvalue weighted by Crippen LogP contribution is 2.27. The van der Waals surface area contributed by atoms with Crippen LogP contribution in [0.15, 0.2) is 30.3 Å². The molecule has 0 saturated heterocycles. The van der Waals surface area contributed by atoms with Crippen LogP contribution in [-0.4, -0.2) is 41.4 Å². The highest BCUT2D eigenvalue weighted by atomic mass is 16.5. The maximum absolute atomic E-state index is 12.4. The van der Waals surface area contributed by atoms with Gasteiger partial charge in [-0.3, -0.25) is 19.2 Å². The lowest BCUT2D eigenvalue weighted by Crippen LogP contribution is -2.48. The molecular weight excluding hydrogens is 390 g/mol. The second-order valence-electron chi connectivity index (χ2n) is 7.60. The summed E-state index contributed by atoms with van der Waals surface area (Å²) in [4.78, 5) is 48.0. The van der Waals surface area contributed by atoms with Crippen LogP contribution in [0.4, 0.5) is 0 Å². The number of aliphatic carboxylic acids is 1. The summed E-state index contributed by atoms with van der Waals surface area (Å²) in [5, 5.41) is 9.15. The van der Waals surface area contributed by atoms with Crippen molar-refractivity contribution in [2.24, 2.45) is 17.6 Å². The first-order chi connectivity index (χ1) is 14.4. The van der Waals surface area contributed by atoms with E-state index < -0.39 is 42.3 Å². The van der Waals surface area contributed by atoms with E-state index in [1.165, 1.54) is 6.42 Å². The molecule has 0 spiro atoms. The molecule has 0 aromatic heterocycles. The predicted octanol–water partition coefficient (Wildman–Crippen LogP) is 2.23. The van der Waals surface area contributed by atoms with Gasteiger partial charge in [-0.2, -0.15) is 0 Å². The number of ether oxygens (including phenoxy) is 2. The summed E-state index contributed by atoms with van der Waals surface area (Å²) in [6.45, 7) is -0.841. The summed E-state index contributed by atoms with van der Waals surface area (Å²) < 4.78 is 10.0. The molecule has 0 bridgehead atoms. The number of Topliss-reactive ketones (excluding diaryl/α,β-unsaturated/α-hetero) is 1. The summed E-state index contributed by atoms with van der Waals surface area (Å²) in [5.41, 5.74) is 6.21. The molecule has 8 nitrogen and oxygen atoms in total. The Bertz CT molecular complexity index is 728. The number of hydrogen-bond acceptors (Lipinski definition) is 7. The number of benzene rings is 1. The molecule has 1 aromatic carbocycles. The van der Waals surface area contributed by atoms with Gasteiger partial charge in [-0.05, 0) is 17.9 Å². The average molecular weight is 419 g/mol. The lowest BCUT2D eigenvalue weighted by molar-refractivity contribution is -0.162. The number of hydrogen-bond donors (Lipinski definition) is 2. The number of carboxylic acid groups (broad SMARTS) is 1. The molecule has 3 N–H and O–H groups in total. The van der Waals surface area contributed by atoms with Gasteiger partial charge in [0.15, 0.2) is 12.4 Å². The minimum Gasteiger partial charge on any atom is -0.480 e. The van der Waals surface area contributed by atoms with Crippen LogP contribution in [0.2, 0.25) is 0 Å². The predicted molar refractivity (Wildman–Crippen MR) is 107 cm³/mol. The Kier molecular flexibility index (Phi) is 9.47. The van der Waals surface area contributed by atoms with Crippen LogP contribution < -0.4 is 5.73 Å². The molecule has 0 aliphatic heterocycles. The van der Waals surface area contributed by atoms with Crippen LogP contribution in [0.3, 0.4) is 0 Å². The summed E-state index contributed by atoms with van der Waals surface area (Å²) in [5.74, 6) is -5.28. The normalized spacial score (nSPS) is 16.3. The zero-order valence-electron chi connectivity index (χ0n) is 17.0. The van der Waals surface area contributed by atoms with Gasteiger partial charge in [-0.15, -0.1) is 0 Å². The van der Waals surface area contributed by atoms with E-state index in [1.54, 1.807) is 30.3 Å². The number of esters is 2. The highest BCUT2D eigenvalue weighted by Gasteiger charge is 2.38. The van der Waals surface area contributed by atoms with Crippen LogP contribution >= 0.6 is 0 Å². The third-order valence-corrected chi connectivity index (χ3v) is 5.33. The van der Waals surface area contributed by atoms with Crippen molar-refractivity contribution in [2.75, 3.05) is 6.61 Å². The molecular formula is C22H29NO7. The SMILES string of the molecule is NC(C(=O)O)C(C(=O)COC(=O)CCC1CCCCC1)C(=O)OCc1ccccc1. The molecule has 0 amide bonds. The Labute approximate surface area is 175 Å². The van der Waals surface area contributed by atoms with Crippen molar-refractivity contribution in [3.8, 4) is 0 Å². The van der Waals surface area contributed by atoms with Crippen molar-refractivity contribution in [3.05, 3.63) is 35.9 Å². The standard InChI is InChI=1S/C22H29NO7/c23-20(21(26)27)19(22(28)30-13-16-9-5-2-6-10-16)17(24)14-29-18(25)12-11-15-7-3-1-4-8-15/h2,5-6,9-10,15,19-20H,1,3-4,7-8,11-14,23H2,(H,26,27). The van der Waals surface area contributed by atoms with E-state index in [2.05, 4.69) is 0 Å². The van der Waals surface area contributed by atoms with Gasteiger partial charge in [-0.25, -0.2) is 0 Å². The maximum atomic E-state index is 12.4. The Morgan fingerprint density at radius 3 is 2.33 bits per heavy atom. The van der Waals surface area contributed by atoms with Gasteiger partial charge in [-0.1, -0.05) is 62.4 Å². The lowest BCUT2D eigenvalue weighted by Gasteiger charge is -2.21. The largest absolute Gasteiger partial charge is 0.480 e. The van der Waals surface area contributed by atoms with Crippen molar-refractivity contribution in [3.63, 3.8) is 0 Å². The van der Waals surface area contributed by atoms with Crippen LogP contribution in [0.25, 0.3) is 0 Å². The molecule has 2 unspecified atom stereocenters. The lowest BCUT2D eigenvalue weighted by atomic mass is 9.86. The van der Waals surface area contributed by atoms with E-state index >= 15 is 0 Å². The van der Waals surface area contributed by atoms with E-state index in [1.807, 2.05) is 0 Å². The molecule has 30 heavy (non-hydrogen) atoms. The number of carbonyl (C=O) groups excluding carboxylic acids is 3. The smallest absolute Gasteiger partial charge is 0.321 e. The van der Waals surface area contributed by atoms with Crippen LogP contribution in [-0.2, 0) is 35.3 Å². The summed E-state index contributed by atoms with van der Waals surface area (Å²) in [6, 6.07) is 6.94. The number of carboxylic acids is 1. The van der Waals surface area contributed by atoms with Gasteiger partial charge >= 0.3 is 17.9 Å². The van der Waals surface area contributed by atoms with Crippen molar-refractivity contribution in [2.45, 2.75) is 57.6 Å². The van der Waals surface area contributed by atoms with E-state index in [0.717, 1.165) is 25.7 Å². The van der Waals surface area contributed by atoms with Crippen molar-refractivity contribution >= 4 is 23.7 Å². The number of carbonyl (C=O) groups is 4. The monoisotopic (exact) mass is 419 g/mol. The molecule has 8 heteroatoms. The first kappa shape index (κ1) is 23.5. The van der Waals surface area contributed by atoms with Gasteiger partial charge in [0.05, 0.1) is 0 Å². The minimum atomic E-state index is -1.79. The van der Waals surface area contributed by atoms with Gasteiger partial charge < -0.3 is 20.3 Å². The Morgan fingerprint density at radius 1 is 1.03 bits per heavy atom. The first-order valence-corrected chi connectivity index (χ1v) is 10.3. The second kappa shape index (κ2) is 12.1. The first-order valence-electron chi connectivity index (χ1n) is 10.3. The summed E-state index contributed by atoms with van der Waals surface area (Å²) >= 11 is 0. The van der Waals surface area contributed by atoms with E-state index in [9.17, 15) is 19.2 Å². The number of nitrogens with two attached hydrogens (primary N) is 1. The molecule has 0 heterocycles. The highest BCUT2D eigenvalue weighted by molar-refractivity contribution is 6.04. The molecule has 2 atom stereocenters. The fourth-order valence-corrected chi connectivity index (χ4v) is 3.55. The maximum Gasteiger partial charge on any atom is 0.321 e. The van der Waals surface area contributed by atoms with Gasteiger partial charge in [0.25, 0.3) is 0 Å². The Hall–Kier alpha value is -2.74. The Morgan fingerprint density at radius 2 is 1.70 bits per heavy atom. The minimum absolute atomic E-state index is 0.128. The Balaban J connectivity index is 1.86. The fourth-order valence-electron chi connectivity index (χ4n) is 3.55. The van der Waals surface area contributed by atoms with Gasteiger partial charge in [0, 0.05) is 6.42 Å². The van der Waals surface area contributed by atoms with Gasteiger partial charge in [0.2, 0.25) is 0 Å². The second-order valence-corrected chi connectivity index (χ2v) is 7.60. The van der Waals surface area contributed by atoms with Crippen LogP contribution in [0.5, 0.6) is 0 Å². The molecule has 1 aliphatic rings. The summed E-state index contributed by atoms with van der Waals surface area (Å²) in [7, 11) is 0. The number of ketones is 1. The third-order valence-electron chi connectivity index (χ3n) is 5.33. The number of rotatable bonds is 11. The molecule has 0 radical (unpaired) electrons. The quantitative estimate of drug-likeness (QED) is 0.412. The third kappa shape index (κ3) is 7.59. The zero-order chi connectivity index (χ0) is 21.9. The topological polar surface area (TPSA) is 133 Å². The van der Waals surface area contributed by atoms with Gasteiger partial charge in [0.1, 0.15) is 18.6 Å². The molecule has 1 fully saturated rings. The molecule has 2 rings (SSSR count). The molecule has 164 valence electrons. The molecule has 1 aliphatic carbocycles. The van der Waals surface area contributed by atoms with E-state index in [4.69, 9.17) is 20.3 Å². The zero-order valence-corrected chi connectivity index (χ0v) is 17.0. The van der Waals surface area contributed by atoms with Crippen LogP contribution in [0, 0.1) is 11.8 Å².